The maximum Gasteiger partial charge on any atom is 0.274 e. The number of hydrogen-bond acceptors (Lipinski definition) is 4. The number of pyridine rings is 1. The summed E-state index contributed by atoms with van der Waals surface area (Å²) in [6.07, 6.45) is 6.80. The van der Waals surface area contributed by atoms with Gasteiger partial charge in [0.05, 0.1) is 25.1 Å². The Balaban J connectivity index is 1.79. The number of rotatable bonds is 2. The molecular weight excluding hydrogens is 244 g/mol. The van der Waals surface area contributed by atoms with Gasteiger partial charge in [0.1, 0.15) is 12.0 Å². The van der Waals surface area contributed by atoms with Crippen molar-refractivity contribution in [2.24, 2.45) is 0 Å². The van der Waals surface area contributed by atoms with Gasteiger partial charge in [0, 0.05) is 25.5 Å². The minimum atomic E-state index is -0.0501. The lowest BCUT2D eigenvalue weighted by Crippen LogP contribution is -2.40. The molecule has 0 aromatic carbocycles. The van der Waals surface area contributed by atoms with Gasteiger partial charge in [0.15, 0.2) is 0 Å². The van der Waals surface area contributed by atoms with Gasteiger partial charge in [-0.25, -0.2) is 4.98 Å². The van der Waals surface area contributed by atoms with Crippen molar-refractivity contribution >= 4 is 5.91 Å². The van der Waals surface area contributed by atoms with Crippen molar-refractivity contribution < 1.29 is 9.53 Å². The number of nitrogens with zero attached hydrogens (tertiary/aromatic N) is 4. The third kappa shape index (κ3) is 2.48. The molecule has 98 valence electrons. The molecule has 2 aromatic rings. The Kier molecular flexibility index (Phi) is 3.24. The molecule has 1 aliphatic rings. The molecule has 1 saturated heterocycles. The quantitative estimate of drug-likeness (QED) is 0.797. The molecule has 1 aliphatic heterocycles. The maximum atomic E-state index is 12.2. The summed E-state index contributed by atoms with van der Waals surface area (Å²) >= 11 is 0. The first-order valence-electron chi connectivity index (χ1n) is 6.16. The molecule has 3 rings (SSSR count). The summed E-state index contributed by atoms with van der Waals surface area (Å²) in [6, 6.07) is 3.76. The predicted molar refractivity (Wildman–Crippen MR) is 68.1 cm³/mol. The zero-order valence-electron chi connectivity index (χ0n) is 10.4. The lowest BCUT2D eigenvalue weighted by Gasteiger charge is -2.25. The van der Waals surface area contributed by atoms with Crippen LogP contribution in [0.3, 0.4) is 0 Å². The lowest BCUT2D eigenvalue weighted by molar-refractivity contribution is 0.0299. The average Bonchev–Trinajstić information content (AvgIpc) is 2.98. The number of amides is 1. The van der Waals surface area contributed by atoms with Crippen LogP contribution < -0.4 is 0 Å². The smallest absolute Gasteiger partial charge is 0.274 e. The minimum Gasteiger partial charge on any atom is -0.378 e. The Bertz CT molecular complexity index is 561. The zero-order chi connectivity index (χ0) is 13.1. The fraction of sp³-hybridized carbons (Fsp3) is 0.308. The molecule has 1 amide bonds. The molecule has 2 aromatic heterocycles. The van der Waals surface area contributed by atoms with Crippen LogP contribution in [0.25, 0.3) is 5.69 Å². The highest BCUT2D eigenvalue weighted by Gasteiger charge is 2.20. The first-order chi connectivity index (χ1) is 9.34. The van der Waals surface area contributed by atoms with Crippen LogP contribution in [0.1, 0.15) is 10.5 Å². The topological polar surface area (TPSA) is 60.2 Å². The van der Waals surface area contributed by atoms with Gasteiger partial charge < -0.3 is 14.2 Å². The summed E-state index contributed by atoms with van der Waals surface area (Å²) in [6.45, 7) is 2.43. The van der Waals surface area contributed by atoms with Crippen LogP contribution in [0, 0.1) is 0 Å². The van der Waals surface area contributed by atoms with Crippen LogP contribution in [-0.4, -0.2) is 51.6 Å². The van der Waals surface area contributed by atoms with E-state index in [-0.39, 0.29) is 5.91 Å². The first kappa shape index (κ1) is 11.9. The molecule has 0 unspecified atom stereocenters. The van der Waals surface area contributed by atoms with E-state index >= 15 is 0 Å². The molecule has 0 spiro atoms. The number of imidazole rings is 1. The van der Waals surface area contributed by atoms with E-state index in [1.807, 2.05) is 12.1 Å². The van der Waals surface area contributed by atoms with E-state index in [4.69, 9.17) is 4.74 Å². The molecule has 0 atom stereocenters. The molecule has 3 heterocycles. The van der Waals surface area contributed by atoms with Crippen LogP contribution in [0.5, 0.6) is 0 Å². The minimum absolute atomic E-state index is 0.0501. The summed E-state index contributed by atoms with van der Waals surface area (Å²) in [7, 11) is 0. The van der Waals surface area contributed by atoms with Crippen molar-refractivity contribution in [2.45, 2.75) is 0 Å². The van der Waals surface area contributed by atoms with E-state index in [9.17, 15) is 4.79 Å². The molecule has 1 fully saturated rings. The fourth-order valence-electron chi connectivity index (χ4n) is 2.01. The highest BCUT2D eigenvalue weighted by molar-refractivity contribution is 5.92. The van der Waals surface area contributed by atoms with Crippen LogP contribution in [0.15, 0.2) is 37.1 Å². The second-order valence-corrected chi connectivity index (χ2v) is 4.28. The SMILES string of the molecule is O=C(c1cn(-c2cccnc2)cn1)N1CCOCC1. The van der Waals surface area contributed by atoms with Crippen LogP contribution in [0.4, 0.5) is 0 Å². The molecule has 0 saturated carbocycles. The van der Waals surface area contributed by atoms with E-state index in [1.165, 1.54) is 0 Å². The Morgan fingerprint density at radius 3 is 2.89 bits per heavy atom. The van der Waals surface area contributed by atoms with E-state index in [1.54, 1.807) is 34.4 Å². The van der Waals surface area contributed by atoms with Crippen molar-refractivity contribution in [1.82, 2.24) is 19.4 Å². The van der Waals surface area contributed by atoms with Gasteiger partial charge >= 0.3 is 0 Å². The average molecular weight is 258 g/mol. The Morgan fingerprint density at radius 2 is 2.16 bits per heavy atom. The van der Waals surface area contributed by atoms with Gasteiger partial charge in [-0.1, -0.05) is 0 Å². The summed E-state index contributed by atoms with van der Waals surface area (Å²) in [5.74, 6) is -0.0501. The summed E-state index contributed by atoms with van der Waals surface area (Å²) in [5, 5.41) is 0. The molecule has 6 heteroatoms. The van der Waals surface area contributed by atoms with E-state index in [0.717, 1.165) is 5.69 Å². The van der Waals surface area contributed by atoms with Crippen molar-refractivity contribution in [1.29, 1.82) is 0 Å². The van der Waals surface area contributed by atoms with Gasteiger partial charge in [-0.3, -0.25) is 9.78 Å². The Morgan fingerprint density at radius 1 is 1.32 bits per heavy atom. The molecule has 0 aliphatic carbocycles. The maximum absolute atomic E-state index is 12.2. The predicted octanol–water partition coefficient (Wildman–Crippen LogP) is 0.740. The largest absolute Gasteiger partial charge is 0.378 e. The third-order valence-electron chi connectivity index (χ3n) is 3.04. The molecule has 0 radical (unpaired) electrons. The number of ether oxygens (including phenoxy) is 1. The van der Waals surface area contributed by atoms with E-state index in [0.29, 0.717) is 32.0 Å². The van der Waals surface area contributed by atoms with E-state index in [2.05, 4.69) is 9.97 Å². The van der Waals surface area contributed by atoms with Crippen LogP contribution in [-0.2, 0) is 4.74 Å². The second kappa shape index (κ2) is 5.19. The highest BCUT2D eigenvalue weighted by Crippen LogP contribution is 2.09. The van der Waals surface area contributed by atoms with Crippen molar-refractivity contribution in [2.75, 3.05) is 26.3 Å². The molecule has 0 bridgehead atoms. The van der Waals surface area contributed by atoms with Gasteiger partial charge in [0.25, 0.3) is 5.91 Å². The summed E-state index contributed by atoms with van der Waals surface area (Å²) < 4.78 is 7.02. The second-order valence-electron chi connectivity index (χ2n) is 4.28. The fourth-order valence-corrected chi connectivity index (χ4v) is 2.01. The molecule has 19 heavy (non-hydrogen) atoms. The molecular formula is C13H14N4O2. The van der Waals surface area contributed by atoms with E-state index < -0.39 is 0 Å². The number of aromatic nitrogens is 3. The number of carbonyl (C=O) groups is 1. The lowest BCUT2D eigenvalue weighted by atomic mass is 10.3. The standard InChI is InChI=1S/C13H14N4O2/c18-13(16-4-6-19-7-5-16)12-9-17(10-15-12)11-2-1-3-14-8-11/h1-3,8-10H,4-7H2. The Hall–Kier alpha value is -2.21. The zero-order valence-corrected chi connectivity index (χ0v) is 10.4. The van der Waals surface area contributed by atoms with Gasteiger partial charge in [-0.05, 0) is 12.1 Å². The number of hydrogen-bond donors (Lipinski definition) is 0. The van der Waals surface area contributed by atoms with Crippen molar-refractivity contribution in [3.63, 3.8) is 0 Å². The van der Waals surface area contributed by atoms with Crippen molar-refractivity contribution in [3.8, 4) is 5.69 Å². The van der Waals surface area contributed by atoms with Crippen molar-refractivity contribution in [3.05, 3.63) is 42.7 Å². The van der Waals surface area contributed by atoms with Crippen LogP contribution in [0.2, 0.25) is 0 Å². The normalized spacial score (nSPS) is 15.5. The highest BCUT2D eigenvalue weighted by atomic mass is 16.5. The van der Waals surface area contributed by atoms with Gasteiger partial charge in [-0.2, -0.15) is 0 Å². The summed E-state index contributed by atoms with van der Waals surface area (Å²) in [5.41, 5.74) is 1.33. The van der Waals surface area contributed by atoms with Gasteiger partial charge in [0.2, 0.25) is 0 Å². The number of morpholine rings is 1. The molecule has 6 nitrogen and oxygen atoms in total. The first-order valence-corrected chi connectivity index (χ1v) is 6.16. The van der Waals surface area contributed by atoms with Gasteiger partial charge in [-0.15, -0.1) is 0 Å². The summed E-state index contributed by atoms with van der Waals surface area (Å²) in [4.78, 5) is 22.2. The molecule has 0 N–H and O–H groups in total. The number of carbonyl (C=O) groups excluding carboxylic acids is 1. The monoisotopic (exact) mass is 258 g/mol. The Labute approximate surface area is 110 Å². The third-order valence-corrected chi connectivity index (χ3v) is 3.04. The van der Waals surface area contributed by atoms with Crippen LogP contribution >= 0.6 is 0 Å².